The van der Waals surface area contributed by atoms with Crippen LogP contribution in [-0.4, -0.2) is 63.0 Å². The molecule has 0 spiro atoms. The molecular formula is C20H33N5O2. The molecule has 0 radical (unpaired) electrons. The summed E-state index contributed by atoms with van der Waals surface area (Å²) in [4.78, 5) is 28.8. The van der Waals surface area contributed by atoms with Gasteiger partial charge in [0.1, 0.15) is 0 Å². The van der Waals surface area contributed by atoms with Gasteiger partial charge in [-0.25, -0.2) is 0 Å². The maximum atomic E-state index is 12.5. The van der Waals surface area contributed by atoms with Crippen LogP contribution in [0.25, 0.3) is 0 Å². The van der Waals surface area contributed by atoms with E-state index in [-0.39, 0.29) is 24.4 Å². The van der Waals surface area contributed by atoms with Crippen molar-refractivity contribution in [1.29, 1.82) is 0 Å². The molecule has 0 bridgehead atoms. The molecule has 2 rings (SSSR count). The predicted molar refractivity (Wildman–Crippen MR) is 110 cm³/mol. The highest BCUT2D eigenvalue weighted by Gasteiger charge is 2.22. The Labute approximate surface area is 162 Å². The number of carbonyl (C=O) groups excluding carboxylic acids is 2. The summed E-state index contributed by atoms with van der Waals surface area (Å²) in [6.07, 6.45) is 2.36. The second-order valence-electron chi connectivity index (χ2n) is 7.89. The quantitative estimate of drug-likeness (QED) is 0.625. The monoisotopic (exact) mass is 375 g/mol. The summed E-state index contributed by atoms with van der Waals surface area (Å²) in [5, 5.41) is 5.40. The van der Waals surface area contributed by atoms with Gasteiger partial charge in [-0.2, -0.15) is 0 Å². The molecule has 0 aromatic heterocycles. The molecular weight excluding hydrogens is 342 g/mol. The Kier molecular flexibility index (Phi) is 7.47. The van der Waals surface area contributed by atoms with E-state index in [1.165, 1.54) is 6.42 Å². The Morgan fingerprint density at radius 2 is 2.07 bits per heavy atom. The van der Waals surface area contributed by atoms with Gasteiger partial charge in [0, 0.05) is 37.1 Å². The van der Waals surface area contributed by atoms with Gasteiger partial charge in [-0.05, 0) is 64.9 Å². The van der Waals surface area contributed by atoms with Crippen LogP contribution in [0.2, 0.25) is 0 Å². The molecule has 1 saturated heterocycles. The van der Waals surface area contributed by atoms with Crippen molar-refractivity contribution in [3.8, 4) is 0 Å². The fraction of sp³-hybridized carbons (Fsp3) is 0.600. The third-order valence-electron chi connectivity index (χ3n) is 4.65. The lowest BCUT2D eigenvalue weighted by atomic mass is 9.96. The standard InChI is InChI=1S/C20H33N5O2/c1-14(2)23-19(26)11-22-20(27)17-10-16(7-8-18(17)21)25-9-5-6-15(13-25)12-24(3)4/h7-8,10,14-15H,5-6,9,11-13,21H2,1-4H3,(H,22,27)(H,23,26). The molecule has 1 aliphatic rings. The number of anilines is 2. The minimum Gasteiger partial charge on any atom is -0.398 e. The zero-order valence-corrected chi connectivity index (χ0v) is 16.9. The first-order valence-electron chi connectivity index (χ1n) is 9.63. The van der Waals surface area contributed by atoms with Crippen LogP contribution in [-0.2, 0) is 4.79 Å². The van der Waals surface area contributed by atoms with Gasteiger partial charge < -0.3 is 26.2 Å². The van der Waals surface area contributed by atoms with E-state index in [4.69, 9.17) is 5.73 Å². The van der Waals surface area contributed by atoms with Crippen LogP contribution in [0.4, 0.5) is 11.4 Å². The van der Waals surface area contributed by atoms with Crippen LogP contribution in [0, 0.1) is 5.92 Å². The van der Waals surface area contributed by atoms with Crippen molar-refractivity contribution in [2.24, 2.45) is 5.92 Å². The van der Waals surface area contributed by atoms with E-state index in [9.17, 15) is 9.59 Å². The molecule has 27 heavy (non-hydrogen) atoms. The summed E-state index contributed by atoms with van der Waals surface area (Å²) in [6.45, 7) is 6.71. The number of nitrogens with two attached hydrogens (primary N) is 1. The SMILES string of the molecule is CC(C)NC(=O)CNC(=O)c1cc(N2CCCC(CN(C)C)C2)ccc1N. The first kappa shape index (κ1) is 21.0. The number of benzene rings is 1. The zero-order chi connectivity index (χ0) is 20.0. The van der Waals surface area contributed by atoms with Gasteiger partial charge in [-0.15, -0.1) is 0 Å². The molecule has 7 heteroatoms. The molecule has 4 N–H and O–H groups in total. The van der Waals surface area contributed by atoms with E-state index >= 15 is 0 Å². The van der Waals surface area contributed by atoms with E-state index < -0.39 is 0 Å². The van der Waals surface area contributed by atoms with Gasteiger partial charge in [0.05, 0.1) is 12.1 Å². The normalized spacial score (nSPS) is 17.3. The van der Waals surface area contributed by atoms with Gasteiger partial charge in [0.25, 0.3) is 5.91 Å². The van der Waals surface area contributed by atoms with Crippen LogP contribution in [0.15, 0.2) is 18.2 Å². The molecule has 1 unspecified atom stereocenters. The second kappa shape index (κ2) is 9.60. The molecule has 2 amide bonds. The average Bonchev–Trinajstić information content (AvgIpc) is 2.59. The van der Waals surface area contributed by atoms with Crippen molar-refractivity contribution in [2.45, 2.75) is 32.7 Å². The van der Waals surface area contributed by atoms with E-state index in [0.717, 1.165) is 31.7 Å². The highest BCUT2D eigenvalue weighted by molar-refractivity contribution is 6.01. The summed E-state index contributed by atoms with van der Waals surface area (Å²) in [7, 11) is 4.19. The maximum Gasteiger partial charge on any atom is 0.253 e. The van der Waals surface area contributed by atoms with Crippen molar-refractivity contribution in [3.05, 3.63) is 23.8 Å². The highest BCUT2D eigenvalue weighted by Crippen LogP contribution is 2.26. The van der Waals surface area contributed by atoms with Crippen molar-refractivity contribution < 1.29 is 9.59 Å². The van der Waals surface area contributed by atoms with Gasteiger partial charge in [0.15, 0.2) is 0 Å². The zero-order valence-electron chi connectivity index (χ0n) is 16.9. The maximum absolute atomic E-state index is 12.5. The third-order valence-corrected chi connectivity index (χ3v) is 4.65. The summed E-state index contributed by atoms with van der Waals surface area (Å²) >= 11 is 0. The number of hydrogen-bond acceptors (Lipinski definition) is 5. The number of rotatable bonds is 7. The van der Waals surface area contributed by atoms with Gasteiger partial charge in [-0.1, -0.05) is 0 Å². The lowest BCUT2D eigenvalue weighted by Gasteiger charge is -2.35. The third kappa shape index (κ3) is 6.43. The van der Waals surface area contributed by atoms with Crippen LogP contribution >= 0.6 is 0 Å². The van der Waals surface area contributed by atoms with E-state index in [0.29, 0.717) is 17.2 Å². The Bertz CT molecular complexity index is 660. The molecule has 1 fully saturated rings. The van der Waals surface area contributed by atoms with Crippen LogP contribution < -0.4 is 21.3 Å². The summed E-state index contributed by atoms with van der Waals surface area (Å²) in [5.74, 6) is 0.0778. The average molecular weight is 376 g/mol. The molecule has 0 aliphatic carbocycles. The van der Waals surface area contributed by atoms with Gasteiger partial charge >= 0.3 is 0 Å². The molecule has 7 nitrogen and oxygen atoms in total. The number of nitrogens with zero attached hydrogens (tertiary/aromatic N) is 2. The first-order valence-corrected chi connectivity index (χ1v) is 9.63. The fourth-order valence-electron chi connectivity index (χ4n) is 3.53. The molecule has 0 saturated carbocycles. The lowest BCUT2D eigenvalue weighted by Crippen LogP contribution is -2.40. The van der Waals surface area contributed by atoms with Crippen LogP contribution in [0.5, 0.6) is 0 Å². The van der Waals surface area contributed by atoms with Gasteiger partial charge in [-0.3, -0.25) is 9.59 Å². The molecule has 1 aromatic carbocycles. The van der Waals surface area contributed by atoms with Crippen molar-refractivity contribution >= 4 is 23.2 Å². The lowest BCUT2D eigenvalue weighted by molar-refractivity contribution is -0.120. The molecule has 1 aliphatic heterocycles. The smallest absolute Gasteiger partial charge is 0.253 e. The van der Waals surface area contributed by atoms with Crippen molar-refractivity contribution in [3.63, 3.8) is 0 Å². The Morgan fingerprint density at radius 3 is 2.74 bits per heavy atom. The number of hydrogen-bond donors (Lipinski definition) is 3. The van der Waals surface area contributed by atoms with Gasteiger partial charge in [0.2, 0.25) is 5.91 Å². The molecule has 1 atom stereocenters. The Morgan fingerprint density at radius 1 is 1.33 bits per heavy atom. The molecule has 1 aromatic rings. The fourth-order valence-corrected chi connectivity index (χ4v) is 3.53. The van der Waals surface area contributed by atoms with E-state index in [1.54, 1.807) is 6.07 Å². The summed E-state index contributed by atoms with van der Waals surface area (Å²) in [5.41, 5.74) is 7.85. The largest absolute Gasteiger partial charge is 0.398 e. The minimum atomic E-state index is -0.324. The predicted octanol–water partition coefficient (Wildman–Crippen LogP) is 1.30. The number of carbonyl (C=O) groups is 2. The number of nitrogen functional groups attached to an aromatic ring is 1. The number of piperidine rings is 1. The van der Waals surface area contributed by atoms with Crippen molar-refractivity contribution in [2.75, 3.05) is 50.9 Å². The minimum absolute atomic E-state index is 0.0389. The summed E-state index contributed by atoms with van der Waals surface area (Å²) in [6, 6.07) is 5.61. The molecule has 1 heterocycles. The number of amides is 2. The van der Waals surface area contributed by atoms with E-state index in [2.05, 4.69) is 34.5 Å². The number of nitrogens with one attached hydrogen (secondary N) is 2. The Balaban J connectivity index is 2.04. The van der Waals surface area contributed by atoms with Crippen molar-refractivity contribution in [1.82, 2.24) is 15.5 Å². The Hall–Kier alpha value is -2.28. The van der Waals surface area contributed by atoms with Crippen LogP contribution in [0.3, 0.4) is 0 Å². The topological polar surface area (TPSA) is 90.7 Å². The second-order valence-corrected chi connectivity index (χ2v) is 7.89. The van der Waals surface area contributed by atoms with Crippen LogP contribution in [0.1, 0.15) is 37.0 Å². The summed E-state index contributed by atoms with van der Waals surface area (Å²) < 4.78 is 0. The highest BCUT2D eigenvalue weighted by atomic mass is 16.2. The van der Waals surface area contributed by atoms with E-state index in [1.807, 2.05) is 26.0 Å². The first-order chi connectivity index (χ1) is 12.8. The molecule has 150 valence electrons.